The Labute approximate surface area is 94.3 Å². The Kier molecular flexibility index (Phi) is 4.97. The summed E-state index contributed by atoms with van der Waals surface area (Å²) >= 11 is 3.49. The minimum atomic E-state index is 0. The largest absolute Gasteiger partial charge is 0.324 e. The van der Waals surface area contributed by atoms with Crippen LogP contribution < -0.4 is 5.73 Å². The normalized spacial score (nSPS) is 12.1. The van der Waals surface area contributed by atoms with Crippen molar-refractivity contribution in [3.05, 3.63) is 33.3 Å². The van der Waals surface area contributed by atoms with Gasteiger partial charge in [0.25, 0.3) is 0 Å². The van der Waals surface area contributed by atoms with Crippen LogP contribution in [-0.4, -0.2) is 0 Å². The van der Waals surface area contributed by atoms with Crippen LogP contribution in [0.5, 0.6) is 0 Å². The second kappa shape index (κ2) is 4.99. The third-order valence-corrected chi connectivity index (χ3v) is 3.11. The molecule has 3 heteroatoms. The molecular formula is C10H15BrClN. The molecule has 0 radical (unpaired) electrons. The van der Waals surface area contributed by atoms with Gasteiger partial charge in [-0.2, -0.15) is 0 Å². The summed E-state index contributed by atoms with van der Waals surface area (Å²) in [5, 5.41) is 0. The van der Waals surface area contributed by atoms with Crippen LogP contribution in [0.1, 0.15) is 29.7 Å². The minimum Gasteiger partial charge on any atom is -0.324 e. The summed E-state index contributed by atoms with van der Waals surface area (Å²) in [5.41, 5.74) is 9.62. The molecule has 0 amide bonds. The number of hydrogen-bond donors (Lipinski definition) is 1. The predicted molar refractivity (Wildman–Crippen MR) is 63.5 cm³/mol. The smallest absolute Gasteiger partial charge is 0.0268 e. The quantitative estimate of drug-likeness (QED) is 0.825. The van der Waals surface area contributed by atoms with Crippen molar-refractivity contribution in [2.24, 2.45) is 5.73 Å². The molecule has 0 saturated heterocycles. The molecule has 0 aromatic heterocycles. The van der Waals surface area contributed by atoms with Crippen molar-refractivity contribution >= 4 is 28.3 Å². The minimum absolute atomic E-state index is 0. The molecule has 0 saturated carbocycles. The maximum absolute atomic E-state index is 5.82. The van der Waals surface area contributed by atoms with E-state index in [1.807, 2.05) is 6.92 Å². The first-order chi connectivity index (χ1) is 5.54. The highest BCUT2D eigenvalue weighted by molar-refractivity contribution is 9.10. The SMILES string of the molecule is Cc1c(Br)ccc([C@@H](C)N)c1C.Cl. The van der Waals surface area contributed by atoms with Crippen LogP contribution in [0.25, 0.3) is 0 Å². The Bertz CT molecular complexity index is 297. The van der Waals surface area contributed by atoms with Gasteiger partial charge in [0, 0.05) is 10.5 Å². The van der Waals surface area contributed by atoms with Gasteiger partial charge in [0.2, 0.25) is 0 Å². The topological polar surface area (TPSA) is 26.0 Å². The van der Waals surface area contributed by atoms with Crippen LogP contribution in [0.15, 0.2) is 16.6 Å². The van der Waals surface area contributed by atoms with Crippen molar-refractivity contribution in [3.63, 3.8) is 0 Å². The molecule has 74 valence electrons. The summed E-state index contributed by atoms with van der Waals surface area (Å²) in [6, 6.07) is 4.26. The molecule has 2 N–H and O–H groups in total. The highest BCUT2D eigenvalue weighted by Crippen LogP contribution is 2.25. The highest BCUT2D eigenvalue weighted by atomic mass is 79.9. The van der Waals surface area contributed by atoms with E-state index in [-0.39, 0.29) is 18.4 Å². The molecule has 1 rings (SSSR count). The third kappa shape index (κ3) is 2.70. The number of rotatable bonds is 1. The lowest BCUT2D eigenvalue weighted by atomic mass is 9.99. The fraction of sp³-hybridized carbons (Fsp3) is 0.400. The molecule has 0 aliphatic rings. The molecule has 0 heterocycles. The molecule has 1 aromatic carbocycles. The zero-order valence-electron chi connectivity index (χ0n) is 8.10. The number of nitrogens with two attached hydrogens (primary N) is 1. The van der Waals surface area contributed by atoms with Gasteiger partial charge in [-0.1, -0.05) is 22.0 Å². The number of benzene rings is 1. The van der Waals surface area contributed by atoms with Crippen LogP contribution in [-0.2, 0) is 0 Å². The molecule has 1 aromatic rings. The lowest BCUT2D eigenvalue weighted by Crippen LogP contribution is -2.07. The summed E-state index contributed by atoms with van der Waals surface area (Å²) in [6.07, 6.45) is 0. The summed E-state index contributed by atoms with van der Waals surface area (Å²) in [4.78, 5) is 0. The van der Waals surface area contributed by atoms with Gasteiger partial charge >= 0.3 is 0 Å². The zero-order valence-corrected chi connectivity index (χ0v) is 10.5. The molecule has 0 fully saturated rings. The predicted octanol–water partition coefficient (Wildman–Crippen LogP) is 3.51. The third-order valence-electron chi connectivity index (χ3n) is 2.25. The zero-order chi connectivity index (χ0) is 9.30. The van der Waals surface area contributed by atoms with E-state index in [1.54, 1.807) is 0 Å². The lowest BCUT2D eigenvalue weighted by Gasteiger charge is -2.12. The van der Waals surface area contributed by atoms with Crippen molar-refractivity contribution < 1.29 is 0 Å². The Morgan fingerprint density at radius 1 is 1.23 bits per heavy atom. The van der Waals surface area contributed by atoms with E-state index in [4.69, 9.17) is 5.73 Å². The van der Waals surface area contributed by atoms with E-state index < -0.39 is 0 Å². The van der Waals surface area contributed by atoms with Crippen molar-refractivity contribution in [2.75, 3.05) is 0 Å². The summed E-state index contributed by atoms with van der Waals surface area (Å²) in [7, 11) is 0. The van der Waals surface area contributed by atoms with E-state index in [2.05, 4.69) is 41.9 Å². The van der Waals surface area contributed by atoms with Crippen LogP contribution in [0.3, 0.4) is 0 Å². The van der Waals surface area contributed by atoms with Gasteiger partial charge in [-0.05, 0) is 43.5 Å². The van der Waals surface area contributed by atoms with E-state index in [0.29, 0.717) is 0 Å². The lowest BCUT2D eigenvalue weighted by molar-refractivity contribution is 0.807. The molecule has 0 bridgehead atoms. The fourth-order valence-electron chi connectivity index (χ4n) is 1.30. The first kappa shape index (κ1) is 12.9. The van der Waals surface area contributed by atoms with Crippen LogP contribution in [0.4, 0.5) is 0 Å². The van der Waals surface area contributed by atoms with Crippen molar-refractivity contribution in [1.29, 1.82) is 0 Å². The Hall–Kier alpha value is -0.0500. The second-order valence-corrected chi connectivity index (χ2v) is 4.03. The second-order valence-electron chi connectivity index (χ2n) is 3.18. The molecular weight excluding hydrogens is 249 g/mol. The van der Waals surface area contributed by atoms with E-state index in [9.17, 15) is 0 Å². The molecule has 1 atom stereocenters. The molecule has 0 aliphatic carbocycles. The monoisotopic (exact) mass is 263 g/mol. The average molecular weight is 265 g/mol. The first-order valence-corrected chi connectivity index (χ1v) is 4.84. The molecule has 13 heavy (non-hydrogen) atoms. The van der Waals surface area contributed by atoms with Crippen LogP contribution >= 0.6 is 28.3 Å². The number of halogens is 2. The van der Waals surface area contributed by atoms with Gasteiger partial charge in [-0.25, -0.2) is 0 Å². The maximum Gasteiger partial charge on any atom is 0.0268 e. The van der Waals surface area contributed by atoms with Crippen molar-refractivity contribution in [3.8, 4) is 0 Å². The van der Waals surface area contributed by atoms with Gasteiger partial charge in [-0.15, -0.1) is 12.4 Å². The van der Waals surface area contributed by atoms with Crippen molar-refractivity contribution in [1.82, 2.24) is 0 Å². The van der Waals surface area contributed by atoms with Gasteiger partial charge in [0.15, 0.2) is 0 Å². The Balaban J connectivity index is 0.00000144. The summed E-state index contributed by atoms with van der Waals surface area (Å²) in [6.45, 7) is 6.22. The first-order valence-electron chi connectivity index (χ1n) is 4.05. The van der Waals surface area contributed by atoms with Crippen molar-refractivity contribution in [2.45, 2.75) is 26.8 Å². The van der Waals surface area contributed by atoms with E-state index in [0.717, 1.165) is 4.47 Å². The van der Waals surface area contributed by atoms with Gasteiger partial charge < -0.3 is 5.73 Å². The Morgan fingerprint density at radius 3 is 2.23 bits per heavy atom. The summed E-state index contributed by atoms with van der Waals surface area (Å²) in [5.74, 6) is 0. The molecule has 0 spiro atoms. The van der Waals surface area contributed by atoms with Crippen LogP contribution in [0, 0.1) is 13.8 Å². The highest BCUT2D eigenvalue weighted by Gasteiger charge is 2.06. The van der Waals surface area contributed by atoms with E-state index >= 15 is 0 Å². The van der Waals surface area contributed by atoms with Crippen LogP contribution in [0.2, 0.25) is 0 Å². The number of hydrogen-bond acceptors (Lipinski definition) is 1. The van der Waals surface area contributed by atoms with Gasteiger partial charge in [0.05, 0.1) is 0 Å². The molecule has 0 unspecified atom stereocenters. The molecule has 1 nitrogen and oxygen atoms in total. The molecule has 0 aliphatic heterocycles. The van der Waals surface area contributed by atoms with Gasteiger partial charge in [0.1, 0.15) is 0 Å². The summed E-state index contributed by atoms with van der Waals surface area (Å²) < 4.78 is 1.16. The standard InChI is InChI=1S/C10H14BrN.ClH/c1-6-7(2)10(11)5-4-9(6)8(3)12;/h4-5,8H,12H2,1-3H3;1H/t8-;/m1./s1. The maximum atomic E-state index is 5.82. The van der Waals surface area contributed by atoms with E-state index in [1.165, 1.54) is 16.7 Å². The Morgan fingerprint density at radius 2 is 1.77 bits per heavy atom. The van der Waals surface area contributed by atoms with Gasteiger partial charge in [-0.3, -0.25) is 0 Å². The fourth-order valence-corrected chi connectivity index (χ4v) is 1.73. The average Bonchev–Trinajstić information content (AvgIpc) is 2.00.